The van der Waals surface area contributed by atoms with E-state index in [0.717, 1.165) is 10.5 Å². The Hall–Kier alpha value is -1.56. The van der Waals surface area contributed by atoms with Crippen LogP contribution in [0.2, 0.25) is 10.0 Å². The molecule has 2 rings (SSSR count). The molecule has 0 saturated carbocycles. The van der Waals surface area contributed by atoms with Crippen LogP contribution in [0.3, 0.4) is 0 Å². The first-order valence-electron chi connectivity index (χ1n) is 7.55. The van der Waals surface area contributed by atoms with E-state index in [1.165, 1.54) is 11.8 Å². The summed E-state index contributed by atoms with van der Waals surface area (Å²) in [6.07, 6.45) is 0. The lowest BCUT2D eigenvalue weighted by Crippen LogP contribution is -2.30. The van der Waals surface area contributed by atoms with E-state index in [-0.39, 0.29) is 11.2 Å². The van der Waals surface area contributed by atoms with Gasteiger partial charge in [-0.1, -0.05) is 29.3 Å². The highest BCUT2D eigenvalue weighted by Gasteiger charge is 2.16. The van der Waals surface area contributed by atoms with Gasteiger partial charge in [0, 0.05) is 16.5 Å². The van der Waals surface area contributed by atoms with Gasteiger partial charge in [0.2, 0.25) is 5.91 Å². The van der Waals surface area contributed by atoms with Crippen LogP contribution in [0, 0.1) is 0 Å². The first kappa shape index (κ1) is 19.8. The summed E-state index contributed by atoms with van der Waals surface area (Å²) in [6.45, 7) is 2.22. The minimum atomic E-state index is -0.309. The van der Waals surface area contributed by atoms with Crippen molar-refractivity contribution in [3.63, 3.8) is 0 Å². The molecule has 0 radical (unpaired) electrons. The minimum Gasteiger partial charge on any atom is -0.493 e. The molecule has 0 heterocycles. The Morgan fingerprint density at radius 3 is 2.52 bits per heavy atom. The molecule has 0 bridgehead atoms. The maximum Gasteiger partial charge on any atom is 0.233 e. The second-order valence-electron chi connectivity index (χ2n) is 5.24. The predicted molar refractivity (Wildman–Crippen MR) is 103 cm³/mol. The third kappa shape index (κ3) is 5.46. The smallest absolute Gasteiger partial charge is 0.233 e. The van der Waals surface area contributed by atoms with Crippen molar-refractivity contribution in [2.75, 3.05) is 14.2 Å². The van der Waals surface area contributed by atoms with Crippen LogP contribution in [0.5, 0.6) is 11.5 Å². The summed E-state index contributed by atoms with van der Waals surface area (Å²) in [5, 5.41) is 3.77. The van der Waals surface area contributed by atoms with Crippen molar-refractivity contribution in [1.29, 1.82) is 0 Å². The Morgan fingerprint density at radius 2 is 1.84 bits per heavy atom. The molecule has 7 heteroatoms. The molecule has 4 nitrogen and oxygen atoms in total. The van der Waals surface area contributed by atoms with E-state index in [0.29, 0.717) is 28.1 Å². The van der Waals surface area contributed by atoms with Crippen LogP contribution in [-0.4, -0.2) is 25.4 Å². The largest absolute Gasteiger partial charge is 0.493 e. The molecule has 0 aliphatic carbocycles. The Morgan fingerprint density at radius 1 is 1.12 bits per heavy atom. The second-order valence-corrected chi connectivity index (χ2v) is 7.47. The van der Waals surface area contributed by atoms with Crippen molar-refractivity contribution < 1.29 is 14.3 Å². The number of amides is 1. The fourth-order valence-corrected chi connectivity index (χ4v) is 3.57. The maximum atomic E-state index is 12.3. The highest BCUT2D eigenvalue weighted by atomic mass is 35.5. The Kier molecular flexibility index (Phi) is 7.29. The predicted octanol–water partition coefficient (Wildman–Crippen LogP) is 4.81. The Balaban J connectivity index is 1.96. The van der Waals surface area contributed by atoms with Gasteiger partial charge in [0.1, 0.15) is 0 Å². The van der Waals surface area contributed by atoms with E-state index in [2.05, 4.69) is 5.32 Å². The molecule has 0 fully saturated rings. The molecule has 2 aromatic rings. The number of hydrogen-bond acceptors (Lipinski definition) is 4. The van der Waals surface area contributed by atoms with Gasteiger partial charge in [-0.05, 0) is 42.8 Å². The zero-order valence-corrected chi connectivity index (χ0v) is 16.5. The molecular weight excluding hydrogens is 381 g/mol. The van der Waals surface area contributed by atoms with Crippen LogP contribution < -0.4 is 14.8 Å². The fourth-order valence-electron chi connectivity index (χ4n) is 2.13. The van der Waals surface area contributed by atoms with Crippen molar-refractivity contribution >= 4 is 40.9 Å². The monoisotopic (exact) mass is 399 g/mol. The molecule has 1 amide bonds. The Bertz CT molecular complexity index is 755. The molecule has 1 N–H and O–H groups in total. The molecule has 0 saturated heterocycles. The Labute approximate surface area is 161 Å². The number of carbonyl (C=O) groups is 1. The molecule has 0 aromatic heterocycles. The van der Waals surface area contributed by atoms with Crippen molar-refractivity contribution in [2.45, 2.75) is 23.6 Å². The molecule has 2 aromatic carbocycles. The third-order valence-electron chi connectivity index (χ3n) is 3.48. The van der Waals surface area contributed by atoms with E-state index in [1.807, 2.05) is 25.1 Å². The molecule has 1 atom stereocenters. The van der Waals surface area contributed by atoms with Gasteiger partial charge in [0.05, 0.1) is 24.5 Å². The first-order chi connectivity index (χ1) is 11.9. The number of halogens is 2. The topological polar surface area (TPSA) is 47.6 Å². The van der Waals surface area contributed by atoms with Crippen LogP contribution >= 0.6 is 35.0 Å². The number of methoxy groups -OCH3 is 2. The van der Waals surface area contributed by atoms with Gasteiger partial charge in [0.15, 0.2) is 11.5 Å². The number of rotatable bonds is 7. The molecule has 134 valence electrons. The lowest BCUT2D eigenvalue weighted by molar-refractivity contribution is -0.120. The van der Waals surface area contributed by atoms with E-state index < -0.39 is 0 Å². The van der Waals surface area contributed by atoms with Crippen LogP contribution in [0.25, 0.3) is 0 Å². The average molecular weight is 400 g/mol. The van der Waals surface area contributed by atoms with Gasteiger partial charge in [-0.2, -0.15) is 0 Å². The molecular formula is C18H19Cl2NO3S. The zero-order chi connectivity index (χ0) is 18.4. The van der Waals surface area contributed by atoms with Gasteiger partial charge in [-0.3, -0.25) is 4.79 Å². The van der Waals surface area contributed by atoms with Gasteiger partial charge < -0.3 is 14.8 Å². The number of thioether (sulfide) groups is 1. The minimum absolute atomic E-state index is 0.0872. The zero-order valence-electron chi connectivity index (χ0n) is 14.1. The number of carbonyl (C=O) groups excluding carboxylic acids is 1. The highest BCUT2D eigenvalue weighted by Crippen LogP contribution is 2.33. The molecule has 0 aliphatic rings. The lowest BCUT2D eigenvalue weighted by Gasteiger charge is -2.14. The molecule has 25 heavy (non-hydrogen) atoms. The van der Waals surface area contributed by atoms with Gasteiger partial charge >= 0.3 is 0 Å². The highest BCUT2D eigenvalue weighted by molar-refractivity contribution is 8.00. The van der Waals surface area contributed by atoms with Gasteiger partial charge in [-0.25, -0.2) is 0 Å². The van der Waals surface area contributed by atoms with Gasteiger partial charge in [-0.15, -0.1) is 11.8 Å². The number of nitrogens with one attached hydrogen (secondary N) is 1. The van der Waals surface area contributed by atoms with Gasteiger partial charge in [0.25, 0.3) is 0 Å². The summed E-state index contributed by atoms with van der Waals surface area (Å²) in [6, 6.07) is 10.7. The van der Waals surface area contributed by atoms with Crippen LogP contribution in [0.4, 0.5) is 0 Å². The lowest BCUT2D eigenvalue weighted by atomic mass is 10.2. The summed E-state index contributed by atoms with van der Waals surface area (Å²) in [4.78, 5) is 13.1. The van der Waals surface area contributed by atoms with Crippen molar-refractivity contribution in [2.24, 2.45) is 0 Å². The van der Waals surface area contributed by atoms with Crippen LogP contribution in [0.15, 0.2) is 41.3 Å². The second kappa shape index (κ2) is 9.22. The summed E-state index contributed by atoms with van der Waals surface area (Å²) in [7, 11) is 3.16. The molecule has 0 aliphatic heterocycles. The number of hydrogen-bond donors (Lipinski definition) is 1. The van der Waals surface area contributed by atoms with E-state index in [1.54, 1.807) is 32.4 Å². The summed E-state index contributed by atoms with van der Waals surface area (Å²) >= 11 is 13.5. The average Bonchev–Trinajstić information content (AvgIpc) is 2.62. The maximum absolute atomic E-state index is 12.3. The first-order valence-corrected chi connectivity index (χ1v) is 9.18. The van der Waals surface area contributed by atoms with Crippen LogP contribution in [-0.2, 0) is 11.3 Å². The number of ether oxygens (including phenoxy) is 2. The van der Waals surface area contributed by atoms with E-state index in [4.69, 9.17) is 32.7 Å². The SMILES string of the molecule is COc1ccc(CNC(=O)[C@@H](C)Sc2cc(Cl)ccc2Cl)cc1OC. The quantitative estimate of drug-likeness (QED) is 0.678. The molecule has 0 spiro atoms. The van der Waals surface area contributed by atoms with Crippen LogP contribution in [0.1, 0.15) is 12.5 Å². The summed E-state index contributed by atoms with van der Waals surface area (Å²) < 4.78 is 10.5. The number of benzene rings is 2. The third-order valence-corrected chi connectivity index (χ3v) is 5.32. The summed E-state index contributed by atoms with van der Waals surface area (Å²) in [5.41, 5.74) is 0.920. The fraction of sp³-hybridized carbons (Fsp3) is 0.278. The van der Waals surface area contributed by atoms with Crippen molar-refractivity contribution in [3.05, 3.63) is 52.0 Å². The van der Waals surface area contributed by atoms with E-state index >= 15 is 0 Å². The van der Waals surface area contributed by atoms with E-state index in [9.17, 15) is 4.79 Å². The van der Waals surface area contributed by atoms with Crippen molar-refractivity contribution in [3.8, 4) is 11.5 Å². The standard InChI is InChI=1S/C18H19Cl2NO3S/c1-11(25-17-9-13(19)5-6-14(17)20)18(22)21-10-12-4-7-15(23-2)16(8-12)24-3/h4-9,11H,10H2,1-3H3,(H,21,22)/t11-/m1/s1. The van der Waals surface area contributed by atoms with Crippen molar-refractivity contribution in [1.82, 2.24) is 5.32 Å². The molecule has 0 unspecified atom stereocenters. The summed E-state index contributed by atoms with van der Waals surface area (Å²) in [5.74, 6) is 1.19. The normalized spacial score (nSPS) is 11.7.